The molecule has 0 radical (unpaired) electrons. The van der Waals surface area contributed by atoms with E-state index in [2.05, 4.69) is 10.3 Å². The lowest BCUT2D eigenvalue weighted by Crippen LogP contribution is -2.12. The Balaban J connectivity index is 2.06. The molecule has 0 aliphatic rings. The van der Waals surface area contributed by atoms with Crippen LogP contribution in [0, 0.1) is 0 Å². The van der Waals surface area contributed by atoms with Gasteiger partial charge < -0.3 is 9.47 Å². The van der Waals surface area contributed by atoms with Crippen molar-refractivity contribution in [1.82, 2.24) is 4.98 Å². The van der Waals surface area contributed by atoms with E-state index in [1.54, 1.807) is 6.92 Å². The fourth-order valence-electron chi connectivity index (χ4n) is 1.61. The van der Waals surface area contributed by atoms with E-state index in [9.17, 15) is 4.79 Å². The zero-order chi connectivity index (χ0) is 14.4. The number of hydrogen-bond donors (Lipinski definition) is 1. The summed E-state index contributed by atoms with van der Waals surface area (Å²) in [6, 6.07) is 7.68. The van der Waals surface area contributed by atoms with Crippen LogP contribution < -0.4 is 10.1 Å². The Bertz CT molecular complexity index is 566. The highest BCUT2D eigenvalue weighted by Crippen LogP contribution is 2.26. The molecule has 0 atom stereocenters. The van der Waals surface area contributed by atoms with Crippen molar-refractivity contribution in [3.05, 3.63) is 29.6 Å². The lowest BCUT2D eigenvalue weighted by Gasteiger charge is -2.03. The molecule has 1 heterocycles. The minimum atomic E-state index is -0.486. The lowest BCUT2D eigenvalue weighted by atomic mass is 10.2. The van der Waals surface area contributed by atoms with Gasteiger partial charge in [-0.25, -0.2) is 9.78 Å². The van der Waals surface area contributed by atoms with Gasteiger partial charge in [-0.2, -0.15) is 0 Å². The Morgan fingerprint density at radius 1 is 1.25 bits per heavy atom. The van der Waals surface area contributed by atoms with Crippen LogP contribution in [-0.2, 0) is 4.74 Å². The fraction of sp³-hybridized carbons (Fsp3) is 0.286. The summed E-state index contributed by atoms with van der Waals surface area (Å²) in [6.45, 7) is 4.68. The van der Waals surface area contributed by atoms with Crippen molar-refractivity contribution in [3.63, 3.8) is 0 Å². The lowest BCUT2D eigenvalue weighted by molar-refractivity contribution is 0.168. The van der Waals surface area contributed by atoms with Crippen LogP contribution in [0.3, 0.4) is 0 Å². The highest BCUT2D eigenvalue weighted by Gasteiger charge is 2.08. The van der Waals surface area contributed by atoms with Gasteiger partial charge in [0, 0.05) is 10.9 Å². The molecule has 0 aliphatic carbocycles. The standard InChI is InChI=1S/C14H16N2O3S/c1-3-18-11-7-5-10(6-8-11)12-9-20-13(15-12)16-14(17)19-4-2/h5-9H,3-4H2,1-2H3,(H,15,16,17). The van der Waals surface area contributed by atoms with Crippen molar-refractivity contribution in [1.29, 1.82) is 0 Å². The van der Waals surface area contributed by atoms with Gasteiger partial charge in [-0.05, 0) is 38.1 Å². The van der Waals surface area contributed by atoms with Gasteiger partial charge in [-0.3, -0.25) is 5.32 Å². The van der Waals surface area contributed by atoms with Crippen LogP contribution in [-0.4, -0.2) is 24.3 Å². The molecule has 0 unspecified atom stereocenters. The monoisotopic (exact) mass is 292 g/mol. The van der Waals surface area contributed by atoms with E-state index >= 15 is 0 Å². The maximum absolute atomic E-state index is 11.3. The minimum Gasteiger partial charge on any atom is -0.494 e. The van der Waals surface area contributed by atoms with Crippen molar-refractivity contribution in [3.8, 4) is 17.0 Å². The first-order valence-electron chi connectivity index (χ1n) is 6.35. The number of carbonyl (C=O) groups is 1. The third-order valence-electron chi connectivity index (χ3n) is 2.45. The van der Waals surface area contributed by atoms with Crippen LogP contribution in [0.25, 0.3) is 11.3 Å². The molecule has 6 heteroatoms. The highest BCUT2D eigenvalue weighted by atomic mass is 32.1. The van der Waals surface area contributed by atoms with Gasteiger partial charge in [-0.1, -0.05) is 0 Å². The number of thiazole rings is 1. The summed E-state index contributed by atoms with van der Waals surface area (Å²) >= 11 is 1.36. The summed E-state index contributed by atoms with van der Waals surface area (Å²) in [7, 11) is 0. The molecular weight excluding hydrogens is 276 g/mol. The Hall–Kier alpha value is -2.08. The number of amides is 1. The number of hydrogen-bond acceptors (Lipinski definition) is 5. The Morgan fingerprint density at radius 3 is 2.65 bits per heavy atom. The van der Waals surface area contributed by atoms with Gasteiger partial charge in [0.05, 0.1) is 18.9 Å². The second-order valence-electron chi connectivity index (χ2n) is 3.84. The van der Waals surface area contributed by atoms with Gasteiger partial charge in [0.2, 0.25) is 0 Å². The van der Waals surface area contributed by atoms with Crippen molar-refractivity contribution in [2.75, 3.05) is 18.5 Å². The predicted molar refractivity (Wildman–Crippen MR) is 79.4 cm³/mol. The molecule has 1 amide bonds. The molecule has 0 saturated heterocycles. The first-order chi connectivity index (χ1) is 9.72. The molecular formula is C14H16N2O3S. The molecule has 0 aliphatic heterocycles. The number of nitrogens with zero attached hydrogens (tertiary/aromatic N) is 1. The Morgan fingerprint density at radius 2 is 2.00 bits per heavy atom. The number of anilines is 1. The van der Waals surface area contributed by atoms with Crippen molar-refractivity contribution < 1.29 is 14.3 Å². The molecule has 2 aromatic rings. The van der Waals surface area contributed by atoms with E-state index in [1.165, 1.54) is 11.3 Å². The van der Waals surface area contributed by atoms with Crippen LogP contribution >= 0.6 is 11.3 Å². The molecule has 1 aromatic carbocycles. The number of carbonyl (C=O) groups excluding carboxylic acids is 1. The molecule has 1 N–H and O–H groups in total. The second kappa shape index (κ2) is 6.91. The van der Waals surface area contributed by atoms with Crippen LogP contribution in [0.1, 0.15) is 13.8 Å². The zero-order valence-corrected chi connectivity index (χ0v) is 12.2. The predicted octanol–water partition coefficient (Wildman–Crippen LogP) is 3.78. The largest absolute Gasteiger partial charge is 0.494 e. The average Bonchev–Trinajstić information content (AvgIpc) is 2.88. The van der Waals surface area contributed by atoms with Gasteiger partial charge in [0.25, 0.3) is 0 Å². The number of rotatable bonds is 5. The second-order valence-corrected chi connectivity index (χ2v) is 4.70. The SMILES string of the molecule is CCOC(=O)Nc1nc(-c2ccc(OCC)cc2)cs1. The summed E-state index contributed by atoms with van der Waals surface area (Å²) in [5.74, 6) is 0.830. The molecule has 20 heavy (non-hydrogen) atoms. The minimum absolute atomic E-state index is 0.336. The first kappa shape index (κ1) is 14.3. The van der Waals surface area contributed by atoms with Crippen molar-refractivity contribution >= 4 is 22.6 Å². The van der Waals surface area contributed by atoms with E-state index < -0.39 is 6.09 Å². The maximum atomic E-state index is 11.3. The smallest absolute Gasteiger partial charge is 0.413 e. The van der Waals surface area contributed by atoms with E-state index in [4.69, 9.17) is 9.47 Å². The number of aromatic nitrogens is 1. The number of benzene rings is 1. The molecule has 106 valence electrons. The Kier molecular flexibility index (Phi) is 4.95. The zero-order valence-electron chi connectivity index (χ0n) is 11.4. The number of nitrogens with one attached hydrogen (secondary N) is 1. The van der Waals surface area contributed by atoms with E-state index in [0.717, 1.165) is 17.0 Å². The highest BCUT2D eigenvalue weighted by molar-refractivity contribution is 7.14. The normalized spacial score (nSPS) is 10.1. The van der Waals surface area contributed by atoms with E-state index in [0.29, 0.717) is 18.3 Å². The summed E-state index contributed by atoms with van der Waals surface area (Å²) in [4.78, 5) is 15.6. The summed E-state index contributed by atoms with van der Waals surface area (Å²) in [6.07, 6.45) is -0.486. The van der Waals surface area contributed by atoms with E-state index in [1.807, 2.05) is 36.6 Å². The van der Waals surface area contributed by atoms with Gasteiger partial charge in [0.1, 0.15) is 5.75 Å². The fourth-order valence-corrected chi connectivity index (χ4v) is 2.31. The number of ether oxygens (including phenoxy) is 2. The van der Waals surface area contributed by atoms with Gasteiger partial charge in [0.15, 0.2) is 5.13 Å². The molecule has 0 spiro atoms. The van der Waals surface area contributed by atoms with Crippen LogP contribution in [0.15, 0.2) is 29.6 Å². The third kappa shape index (κ3) is 3.71. The summed E-state index contributed by atoms with van der Waals surface area (Å²) < 4.78 is 10.2. The third-order valence-corrected chi connectivity index (χ3v) is 3.21. The van der Waals surface area contributed by atoms with Crippen molar-refractivity contribution in [2.45, 2.75) is 13.8 Å². The van der Waals surface area contributed by atoms with Crippen LogP contribution in [0.5, 0.6) is 5.75 Å². The molecule has 2 rings (SSSR count). The molecule has 0 saturated carbocycles. The summed E-state index contributed by atoms with van der Waals surface area (Å²) in [5, 5.41) is 4.99. The maximum Gasteiger partial charge on any atom is 0.413 e. The van der Waals surface area contributed by atoms with Gasteiger partial charge in [-0.15, -0.1) is 11.3 Å². The van der Waals surface area contributed by atoms with Crippen LogP contribution in [0.4, 0.5) is 9.93 Å². The van der Waals surface area contributed by atoms with E-state index in [-0.39, 0.29) is 0 Å². The first-order valence-corrected chi connectivity index (χ1v) is 7.23. The molecule has 5 nitrogen and oxygen atoms in total. The Labute approximate surface area is 121 Å². The van der Waals surface area contributed by atoms with Gasteiger partial charge >= 0.3 is 6.09 Å². The molecule has 0 bridgehead atoms. The molecule has 0 fully saturated rings. The average molecular weight is 292 g/mol. The van der Waals surface area contributed by atoms with Crippen LogP contribution in [0.2, 0.25) is 0 Å². The molecule has 1 aromatic heterocycles. The quantitative estimate of drug-likeness (QED) is 0.911. The summed E-state index contributed by atoms with van der Waals surface area (Å²) in [5.41, 5.74) is 1.78. The topological polar surface area (TPSA) is 60.5 Å². The van der Waals surface area contributed by atoms with Crippen molar-refractivity contribution in [2.24, 2.45) is 0 Å².